The summed E-state index contributed by atoms with van der Waals surface area (Å²) in [6, 6.07) is 10.1. The molecule has 2 saturated heterocycles. The largest absolute Gasteiger partial charge is 0.298 e. The molecule has 1 aromatic carbocycles. The zero-order chi connectivity index (χ0) is 9.54. The Balaban J connectivity index is 1.77. The lowest BCUT2D eigenvalue weighted by Gasteiger charge is -2.22. The fraction of sp³-hybridized carbons (Fsp3) is 0.538. The predicted octanol–water partition coefficient (Wildman–Crippen LogP) is 2.56. The van der Waals surface area contributed by atoms with Crippen molar-refractivity contribution in [3.05, 3.63) is 35.4 Å². The van der Waals surface area contributed by atoms with Gasteiger partial charge in [0.1, 0.15) is 0 Å². The lowest BCUT2D eigenvalue weighted by molar-refractivity contribution is 0.373. The molecule has 2 aliphatic heterocycles. The quantitative estimate of drug-likeness (QED) is 0.611. The highest BCUT2D eigenvalue weighted by Crippen LogP contribution is 2.38. The molecular weight excluding hydrogens is 170 g/mol. The van der Waals surface area contributed by atoms with Gasteiger partial charge in [-0.25, -0.2) is 0 Å². The number of fused-ring (bicyclic) bond motifs is 1. The molecule has 0 amide bonds. The third-order valence-electron chi connectivity index (χ3n) is 3.70. The second-order valence-electron chi connectivity index (χ2n) is 4.78. The minimum Gasteiger partial charge on any atom is -0.298 e. The molecule has 0 radical (unpaired) electrons. The van der Waals surface area contributed by atoms with Crippen molar-refractivity contribution in [2.45, 2.75) is 31.7 Å². The minimum absolute atomic E-state index is 0.833. The van der Waals surface area contributed by atoms with Crippen molar-refractivity contribution in [1.29, 1.82) is 0 Å². The predicted molar refractivity (Wildman–Crippen MR) is 58.5 cm³/mol. The molecule has 1 unspecified atom stereocenters. The summed E-state index contributed by atoms with van der Waals surface area (Å²) in [5.41, 5.74) is 2.93. The first-order chi connectivity index (χ1) is 6.83. The van der Waals surface area contributed by atoms with Gasteiger partial charge in [0.05, 0.1) is 0 Å². The van der Waals surface area contributed by atoms with Gasteiger partial charge in [-0.05, 0) is 37.8 Å². The van der Waals surface area contributed by atoms with Crippen LogP contribution in [0.5, 0.6) is 0 Å². The highest BCUT2D eigenvalue weighted by molar-refractivity contribution is 5.25. The van der Waals surface area contributed by atoms with Crippen LogP contribution in [-0.4, -0.2) is 24.0 Å². The van der Waals surface area contributed by atoms with Crippen LogP contribution in [0.2, 0.25) is 0 Å². The molecule has 1 aromatic rings. The maximum absolute atomic E-state index is 2.59. The number of rotatable bonds is 1. The lowest BCUT2D eigenvalue weighted by atomic mass is 9.89. The van der Waals surface area contributed by atoms with E-state index in [9.17, 15) is 0 Å². The first-order valence-electron chi connectivity index (χ1n) is 5.63. The SMILES string of the molecule is Cc1ccc([C@@H]2CCN3C[C@@H]3C2)cc1. The average Bonchev–Trinajstić information content (AvgIpc) is 2.96. The van der Waals surface area contributed by atoms with E-state index in [1.165, 1.54) is 31.5 Å². The van der Waals surface area contributed by atoms with Gasteiger partial charge in [0.15, 0.2) is 0 Å². The highest BCUT2D eigenvalue weighted by Gasteiger charge is 2.39. The second kappa shape index (κ2) is 3.09. The summed E-state index contributed by atoms with van der Waals surface area (Å²) in [7, 11) is 0. The summed E-state index contributed by atoms with van der Waals surface area (Å²) in [5, 5.41) is 0. The number of piperidine rings is 1. The van der Waals surface area contributed by atoms with Crippen LogP contribution in [0.1, 0.15) is 29.9 Å². The minimum atomic E-state index is 0.833. The van der Waals surface area contributed by atoms with E-state index in [4.69, 9.17) is 0 Å². The van der Waals surface area contributed by atoms with Gasteiger partial charge in [0.25, 0.3) is 0 Å². The molecule has 0 aliphatic carbocycles. The van der Waals surface area contributed by atoms with Gasteiger partial charge >= 0.3 is 0 Å². The van der Waals surface area contributed by atoms with E-state index in [0.29, 0.717) is 0 Å². The Morgan fingerprint density at radius 3 is 2.71 bits per heavy atom. The van der Waals surface area contributed by atoms with Crippen LogP contribution in [0.4, 0.5) is 0 Å². The van der Waals surface area contributed by atoms with Gasteiger partial charge in [-0.1, -0.05) is 29.8 Å². The zero-order valence-corrected chi connectivity index (χ0v) is 8.74. The molecule has 3 atom stereocenters. The van der Waals surface area contributed by atoms with Crippen molar-refractivity contribution in [3.8, 4) is 0 Å². The van der Waals surface area contributed by atoms with Crippen LogP contribution >= 0.6 is 0 Å². The van der Waals surface area contributed by atoms with Gasteiger partial charge in [-0.3, -0.25) is 4.90 Å². The monoisotopic (exact) mass is 187 g/mol. The van der Waals surface area contributed by atoms with Gasteiger partial charge in [-0.15, -0.1) is 0 Å². The van der Waals surface area contributed by atoms with Gasteiger partial charge < -0.3 is 0 Å². The van der Waals surface area contributed by atoms with Crippen LogP contribution in [0.3, 0.4) is 0 Å². The highest BCUT2D eigenvalue weighted by atomic mass is 15.3. The van der Waals surface area contributed by atoms with E-state index in [1.54, 1.807) is 5.56 Å². The summed E-state index contributed by atoms with van der Waals surface area (Å²) in [5.74, 6) is 0.833. The number of benzene rings is 1. The number of nitrogens with zero attached hydrogens (tertiary/aromatic N) is 1. The summed E-state index contributed by atoms with van der Waals surface area (Å²) >= 11 is 0. The molecule has 0 bridgehead atoms. The van der Waals surface area contributed by atoms with Crippen molar-refractivity contribution in [2.24, 2.45) is 0 Å². The molecule has 1 heteroatoms. The van der Waals surface area contributed by atoms with Crippen LogP contribution in [-0.2, 0) is 0 Å². The molecule has 3 rings (SSSR count). The lowest BCUT2D eigenvalue weighted by Crippen LogP contribution is -2.17. The molecule has 74 valence electrons. The standard InChI is InChI=1S/C13H17N/c1-10-2-4-11(5-3-10)12-6-7-14-9-13(14)8-12/h2-5,12-13H,6-9H2,1H3/t12-,13+,14?/m1/s1. The molecule has 14 heavy (non-hydrogen) atoms. The number of hydrogen-bond acceptors (Lipinski definition) is 1. The normalized spacial score (nSPS) is 35.1. The molecule has 0 N–H and O–H groups in total. The van der Waals surface area contributed by atoms with Crippen LogP contribution in [0.15, 0.2) is 24.3 Å². The Kier molecular flexibility index (Phi) is 1.88. The first-order valence-corrected chi connectivity index (χ1v) is 5.63. The Bertz CT molecular complexity index is 328. The molecule has 2 fully saturated rings. The molecule has 1 nitrogen and oxygen atoms in total. The third kappa shape index (κ3) is 1.46. The molecule has 0 saturated carbocycles. The van der Waals surface area contributed by atoms with E-state index >= 15 is 0 Å². The van der Waals surface area contributed by atoms with E-state index in [1.807, 2.05) is 0 Å². The van der Waals surface area contributed by atoms with E-state index in [2.05, 4.69) is 36.1 Å². The maximum atomic E-state index is 2.59. The van der Waals surface area contributed by atoms with Crippen LogP contribution < -0.4 is 0 Å². The maximum Gasteiger partial charge on any atom is 0.0229 e. The van der Waals surface area contributed by atoms with Gasteiger partial charge in [0.2, 0.25) is 0 Å². The van der Waals surface area contributed by atoms with E-state index < -0.39 is 0 Å². The fourth-order valence-electron chi connectivity index (χ4n) is 2.63. The second-order valence-corrected chi connectivity index (χ2v) is 4.78. The summed E-state index contributed by atoms with van der Waals surface area (Å²) in [6.45, 7) is 4.85. The van der Waals surface area contributed by atoms with Crippen molar-refractivity contribution in [2.75, 3.05) is 13.1 Å². The molecule has 0 aromatic heterocycles. The Morgan fingerprint density at radius 1 is 1.21 bits per heavy atom. The van der Waals surface area contributed by atoms with Crippen molar-refractivity contribution in [3.63, 3.8) is 0 Å². The Labute approximate surface area is 85.7 Å². The zero-order valence-electron chi connectivity index (χ0n) is 8.74. The molecule has 0 spiro atoms. The fourth-order valence-corrected chi connectivity index (χ4v) is 2.63. The number of aryl methyl sites for hydroxylation is 1. The van der Waals surface area contributed by atoms with E-state index in [-0.39, 0.29) is 0 Å². The summed E-state index contributed by atoms with van der Waals surface area (Å²) < 4.78 is 0. The molecule has 2 aliphatic rings. The summed E-state index contributed by atoms with van der Waals surface area (Å²) in [4.78, 5) is 2.59. The average molecular weight is 187 g/mol. The van der Waals surface area contributed by atoms with Crippen molar-refractivity contribution < 1.29 is 0 Å². The molecular formula is C13H17N. The van der Waals surface area contributed by atoms with Gasteiger partial charge in [0, 0.05) is 12.6 Å². The summed E-state index contributed by atoms with van der Waals surface area (Å²) in [6.07, 6.45) is 2.75. The van der Waals surface area contributed by atoms with Crippen molar-refractivity contribution in [1.82, 2.24) is 4.90 Å². The number of hydrogen-bond donors (Lipinski definition) is 0. The third-order valence-corrected chi connectivity index (χ3v) is 3.70. The Morgan fingerprint density at radius 2 is 2.00 bits per heavy atom. The Hall–Kier alpha value is -0.820. The smallest absolute Gasteiger partial charge is 0.0229 e. The van der Waals surface area contributed by atoms with Gasteiger partial charge in [-0.2, -0.15) is 0 Å². The molecule has 2 heterocycles. The van der Waals surface area contributed by atoms with Crippen molar-refractivity contribution >= 4 is 0 Å². The topological polar surface area (TPSA) is 3.01 Å². The van der Waals surface area contributed by atoms with E-state index in [0.717, 1.165) is 12.0 Å². The van der Waals surface area contributed by atoms with Crippen LogP contribution in [0.25, 0.3) is 0 Å². The van der Waals surface area contributed by atoms with Crippen LogP contribution in [0, 0.1) is 6.92 Å². The first kappa shape index (κ1) is 8.49.